The maximum Gasteiger partial charge on any atom is 0.272 e. The highest BCUT2D eigenvalue weighted by atomic mass is 32.1. The topological polar surface area (TPSA) is 68.0 Å². The smallest absolute Gasteiger partial charge is 0.272 e. The maximum atomic E-state index is 12.8. The molecule has 0 fully saturated rings. The molecule has 156 valence electrons. The molecule has 0 spiro atoms. The molecule has 7 nitrogen and oxygen atoms in total. The zero-order chi connectivity index (χ0) is 21.1. The Hall–Kier alpha value is -2.97. The van der Waals surface area contributed by atoms with Gasteiger partial charge in [0.15, 0.2) is 0 Å². The number of nitrogens with zero attached hydrogens (tertiary/aromatic N) is 5. The molecule has 1 aromatic carbocycles. The van der Waals surface area contributed by atoms with Crippen LogP contribution in [0.4, 0.5) is 5.95 Å². The van der Waals surface area contributed by atoms with Gasteiger partial charge in [-0.05, 0) is 38.7 Å². The number of rotatable bonds is 8. The average Bonchev–Trinajstić information content (AvgIpc) is 3.36. The molecule has 4 rings (SSSR count). The Balaban J connectivity index is 1.56. The van der Waals surface area contributed by atoms with Gasteiger partial charge in [-0.3, -0.25) is 14.0 Å². The summed E-state index contributed by atoms with van der Waals surface area (Å²) in [6.45, 7) is 2.47. The highest BCUT2D eigenvalue weighted by Gasteiger charge is 2.14. The number of anilines is 1. The van der Waals surface area contributed by atoms with Gasteiger partial charge in [0, 0.05) is 30.2 Å². The van der Waals surface area contributed by atoms with Gasteiger partial charge in [0.25, 0.3) is 5.56 Å². The largest absolute Gasteiger partial charge is 0.356 e. The van der Waals surface area contributed by atoms with E-state index in [0.717, 1.165) is 35.5 Å². The first kappa shape index (κ1) is 20.3. The average molecular weight is 423 g/mol. The second-order valence-electron chi connectivity index (χ2n) is 7.62. The minimum atomic E-state index is -0.0250. The lowest BCUT2D eigenvalue weighted by Gasteiger charge is -2.12. The van der Waals surface area contributed by atoms with Crippen LogP contribution < -0.4 is 10.9 Å². The van der Waals surface area contributed by atoms with Crippen molar-refractivity contribution in [2.45, 2.75) is 13.0 Å². The van der Waals surface area contributed by atoms with Crippen molar-refractivity contribution in [3.8, 4) is 10.4 Å². The second-order valence-corrected chi connectivity index (χ2v) is 8.67. The van der Waals surface area contributed by atoms with Crippen LogP contribution in [-0.2, 0) is 13.6 Å². The lowest BCUT2D eigenvalue weighted by molar-refractivity contribution is 0.405. The summed E-state index contributed by atoms with van der Waals surface area (Å²) in [7, 11) is 5.87. The van der Waals surface area contributed by atoms with Crippen LogP contribution in [-0.4, -0.2) is 51.4 Å². The summed E-state index contributed by atoms with van der Waals surface area (Å²) in [5.41, 5.74) is 2.90. The van der Waals surface area contributed by atoms with Crippen LogP contribution >= 0.6 is 11.3 Å². The summed E-state index contributed by atoms with van der Waals surface area (Å²) in [6.07, 6.45) is 4.84. The number of benzene rings is 1. The molecule has 1 N–H and O–H groups in total. The molecule has 4 aromatic rings. The van der Waals surface area contributed by atoms with Crippen LogP contribution in [0.15, 0.2) is 53.6 Å². The molecule has 0 aliphatic heterocycles. The van der Waals surface area contributed by atoms with E-state index in [-0.39, 0.29) is 5.56 Å². The van der Waals surface area contributed by atoms with Crippen molar-refractivity contribution in [2.75, 3.05) is 32.5 Å². The summed E-state index contributed by atoms with van der Waals surface area (Å²) in [4.78, 5) is 20.7. The van der Waals surface area contributed by atoms with Gasteiger partial charge in [0.2, 0.25) is 5.95 Å². The highest BCUT2D eigenvalue weighted by molar-refractivity contribution is 7.22. The van der Waals surface area contributed by atoms with E-state index in [1.807, 2.05) is 41.3 Å². The van der Waals surface area contributed by atoms with Gasteiger partial charge in [-0.15, -0.1) is 11.3 Å². The van der Waals surface area contributed by atoms with Crippen molar-refractivity contribution in [3.63, 3.8) is 0 Å². The first-order valence-corrected chi connectivity index (χ1v) is 10.8. The van der Waals surface area contributed by atoms with Crippen LogP contribution in [0.3, 0.4) is 0 Å². The van der Waals surface area contributed by atoms with E-state index in [1.54, 1.807) is 11.6 Å². The molecule has 0 saturated carbocycles. The molecule has 0 aliphatic rings. The van der Waals surface area contributed by atoms with Crippen LogP contribution in [0.2, 0.25) is 0 Å². The SMILES string of the molecule is CN(C)CCCNc1nc2cc(-c3cnn(Cc4ccccc4)c3)sc2c(=O)n1C. The second kappa shape index (κ2) is 8.81. The van der Waals surface area contributed by atoms with Crippen molar-refractivity contribution in [3.05, 3.63) is 64.7 Å². The Bertz CT molecular complexity index is 1190. The predicted molar refractivity (Wildman–Crippen MR) is 123 cm³/mol. The number of hydrogen-bond donors (Lipinski definition) is 1. The molecule has 30 heavy (non-hydrogen) atoms. The monoisotopic (exact) mass is 422 g/mol. The lowest BCUT2D eigenvalue weighted by atomic mass is 10.2. The van der Waals surface area contributed by atoms with E-state index >= 15 is 0 Å². The number of fused-ring (bicyclic) bond motifs is 1. The van der Waals surface area contributed by atoms with E-state index < -0.39 is 0 Å². The van der Waals surface area contributed by atoms with Crippen LogP contribution in [0, 0.1) is 0 Å². The summed E-state index contributed by atoms with van der Waals surface area (Å²) in [5, 5.41) is 7.78. The molecule has 0 saturated heterocycles. The minimum absolute atomic E-state index is 0.0250. The van der Waals surface area contributed by atoms with Crippen LogP contribution in [0.25, 0.3) is 20.7 Å². The van der Waals surface area contributed by atoms with E-state index in [4.69, 9.17) is 4.98 Å². The van der Waals surface area contributed by atoms with Crippen molar-refractivity contribution >= 4 is 27.5 Å². The zero-order valence-electron chi connectivity index (χ0n) is 17.5. The summed E-state index contributed by atoms with van der Waals surface area (Å²) < 4.78 is 4.18. The zero-order valence-corrected chi connectivity index (χ0v) is 18.3. The van der Waals surface area contributed by atoms with Gasteiger partial charge in [-0.1, -0.05) is 30.3 Å². The molecule has 8 heteroatoms. The first-order valence-electron chi connectivity index (χ1n) is 9.97. The standard InChI is InChI=1S/C22H26N6OS/c1-26(2)11-7-10-23-22-25-18-12-19(30-20(18)21(29)27(22)3)17-13-24-28(15-17)14-16-8-5-4-6-9-16/h4-6,8-9,12-13,15H,7,10-11,14H2,1-3H3,(H,23,25). The number of hydrogen-bond acceptors (Lipinski definition) is 6. The van der Waals surface area contributed by atoms with Crippen molar-refractivity contribution < 1.29 is 0 Å². The number of aromatic nitrogens is 4. The molecule has 0 amide bonds. The Kier molecular flexibility index (Phi) is 5.96. The van der Waals surface area contributed by atoms with Crippen LogP contribution in [0.5, 0.6) is 0 Å². The highest BCUT2D eigenvalue weighted by Crippen LogP contribution is 2.31. The molecular weight excluding hydrogens is 396 g/mol. The normalized spacial score (nSPS) is 11.5. The fourth-order valence-corrected chi connectivity index (χ4v) is 4.35. The third kappa shape index (κ3) is 4.44. The van der Waals surface area contributed by atoms with Gasteiger partial charge in [0.1, 0.15) is 4.70 Å². The van der Waals surface area contributed by atoms with E-state index in [0.29, 0.717) is 17.2 Å². The maximum absolute atomic E-state index is 12.8. The molecular formula is C22H26N6OS. The summed E-state index contributed by atoms with van der Waals surface area (Å²) in [6, 6.07) is 12.2. The van der Waals surface area contributed by atoms with Gasteiger partial charge in [-0.2, -0.15) is 5.10 Å². The lowest BCUT2D eigenvalue weighted by Crippen LogP contribution is -2.23. The molecule has 0 aliphatic carbocycles. The number of thiophene rings is 1. The van der Waals surface area contributed by atoms with Gasteiger partial charge in [-0.25, -0.2) is 4.98 Å². The Morgan fingerprint density at radius 1 is 1.20 bits per heavy atom. The fraction of sp³-hybridized carbons (Fsp3) is 0.318. The fourth-order valence-electron chi connectivity index (χ4n) is 3.30. The minimum Gasteiger partial charge on any atom is -0.356 e. The van der Waals surface area contributed by atoms with Crippen molar-refractivity contribution in [1.29, 1.82) is 0 Å². The molecule has 3 heterocycles. The molecule has 0 atom stereocenters. The third-order valence-corrected chi connectivity index (χ3v) is 6.09. The molecule has 3 aromatic heterocycles. The van der Waals surface area contributed by atoms with Gasteiger partial charge >= 0.3 is 0 Å². The summed E-state index contributed by atoms with van der Waals surface area (Å²) in [5.74, 6) is 0.607. The Labute approximate surface area is 179 Å². The van der Waals surface area contributed by atoms with Crippen LogP contribution in [0.1, 0.15) is 12.0 Å². The summed E-state index contributed by atoms with van der Waals surface area (Å²) >= 11 is 1.47. The van der Waals surface area contributed by atoms with Gasteiger partial charge < -0.3 is 10.2 Å². The number of nitrogens with one attached hydrogen (secondary N) is 1. The quantitative estimate of drug-likeness (QED) is 0.442. The van der Waals surface area contributed by atoms with E-state index in [9.17, 15) is 4.79 Å². The van der Waals surface area contributed by atoms with E-state index in [1.165, 1.54) is 16.9 Å². The Morgan fingerprint density at radius 3 is 2.77 bits per heavy atom. The van der Waals surface area contributed by atoms with Gasteiger partial charge in [0.05, 0.1) is 18.3 Å². The molecule has 0 radical (unpaired) electrons. The van der Waals surface area contributed by atoms with E-state index in [2.05, 4.69) is 41.5 Å². The first-order chi connectivity index (χ1) is 14.5. The molecule has 0 unspecified atom stereocenters. The predicted octanol–water partition coefficient (Wildman–Crippen LogP) is 3.27. The molecule has 0 bridgehead atoms. The Morgan fingerprint density at radius 2 is 2.00 bits per heavy atom. The van der Waals surface area contributed by atoms with Crippen molar-refractivity contribution in [2.24, 2.45) is 7.05 Å². The van der Waals surface area contributed by atoms with Crippen molar-refractivity contribution in [1.82, 2.24) is 24.2 Å². The third-order valence-electron chi connectivity index (χ3n) is 4.93.